The van der Waals surface area contributed by atoms with Gasteiger partial charge in [0.05, 0.1) is 18.8 Å². The van der Waals surface area contributed by atoms with Crippen LogP contribution in [0.15, 0.2) is 24.3 Å². The SMILES string of the molecule is CCC1COC(C)CN1C(=O)COc1ccccc1CN. The van der Waals surface area contributed by atoms with Gasteiger partial charge in [-0.15, -0.1) is 0 Å². The van der Waals surface area contributed by atoms with Crippen molar-refractivity contribution in [2.24, 2.45) is 5.73 Å². The minimum atomic E-state index is 0.00354. The smallest absolute Gasteiger partial charge is 0.260 e. The van der Waals surface area contributed by atoms with Crippen LogP contribution in [-0.2, 0) is 16.1 Å². The monoisotopic (exact) mass is 292 g/mol. The van der Waals surface area contributed by atoms with Gasteiger partial charge >= 0.3 is 0 Å². The first kappa shape index (κ1) is 15.8. The van der Waals surface area contributed by atoms with Gasteiger partial charge in [-0.1, -0.05) is 25.1 Å². The van der Waals surface area contributed by atoms with Crippen LogP contribution in [0.25, 0.3) is 0 Å². The molecular formula is C16H24N2O3. The van der Waals surface area contributed by atoms with Crippen molar-refractivity contribution >= 4 is 5.91 Å². The Kier molecular flexibility index (Phi) is 5.59. The predicted molar refractivity (Wildman–Crippen MR) is 81.0 cm³/mol. The van der Waals surface area contributed by atoms with E-state index in [1.807, 2.05) is 36.1 Å². The van der Waals surface area contributed by atoms with Crippen LogP contribution in [0, 0.1) is 0 Å². The van der Waals surface area contributed by atoms with Gasteiger partial charge in [-0.3, -0.25) is 4.79 Å². The highest BCUT2D eigenvalue weighted by Crippen LogP contribution is 2.18. The maximum atomic E-state index is 12.4. The van der Waals surface area contributed by atoms with Gasteiger partial charge in [0.1, 0.15) is 5.75 Å². The fourth-order valence-electron chi connectivity index (χ4n) is 2.52. The van der Waals surface area contributed by atoms with E-state index < -0.39 is 0 Å². The molecule has 5 heteroatoms. The average molecular weight is 292 g/mol. The van der Waals surface area contributed by atoms with Crippen LogP contribution in [0.2, 0.25) is 0 Å². The number of nitrogens with two attached hydrogens (primary N) is 1. The van der Waals surface area contributed by atoms with Gasteiger partial charge in [-0.2, -0.15) is 0 Å². The highest BCUT2D eigenvalue weighted by Gasteiger charge is 2.29. The Balaban J connectivity index is 1.97. The predicted octanol–water partition coefficient (Wildman–Crippen LogP) is 1.55. The second kappa shape index (κ2) is 7.43. The van der Waals surface area contributed by atoms with E-state index in [0.717, 1.165) is 12.0 Å². The summed E-state index contributed by atoms with van der Waals surface area (Å²) in [5.41, 5.74) is 6.58. The molecule has 2 rings (SSSR count). The first-order valence-corrected chi connectivity index (χ1v) is 7.47. The molecule has 1 heterocycles. The first-order chi connectivity index (χ1) is 10.2. The number of ether oxygens (including phenoxy) is 2. The van der Waals surface area contributed by atoms with Crippen LogP contribution in [0.4, 0.5) is 0 Å². The van der Waals surface area contributed by atoms with E-state index in [0.29, 0.717) is 25.4 Å². The zero-order valence-electron chi connectivity index (χ0n) is 12.7. The second-order valence-electron chi connectivity index (χ2n) is 5.35. The lowest BCUT2D eigenvalue weighted by Gasteiger charge is -2.38. The standard InChI is InChI=1S/C16H24N2O3/c1-3-14-10-20-12(2)9-18(14)16(19)11-21-15-7-5-4-6-13(15)8-17/h4-7,12,14H,3,8-11,17H2,1-2H3. The molecule has 0 bridgehead atoms. The summed E-state index contributed by atoms with van der Waals surface area (Å²) in [7, 11) is 0. The molecular weight excluding hydrogens is 268 g/mol. The zero-order valence-corrected chi connectivity index (χ0v) is 12.7. The summed E-state index contributed by atoms with van der Waals surface area (Å²) < 4.78 is 11.3. The number of hydrogen-bond acceptors (Lipinski definition) is 4. The number of carbonyl (C=O) groups is 1. The molecule has 0 aliphatic carbocycles. The lowest BCUT2D eigenvalue weighted by molar-refractivity contribution is -0.146. The lowest BCUT2D eigenvalue weighted by atomic mass is 10.1. The normalized spacial score (nSPS) is 22.1. The fraction of sp³-hybridized carbons (Fsp3) is 0.562. The number of hydrogen-bond donors (Lipinski definition) is 1. The molecule has 1 saturated heterocycles. The minimum Gasteiger partial charge on any atom is -0.483 e. The van der Waals surface area contributed by atoms with E-state index in [9.17, 15) is 4.79 Å². The van der Waals surface area contributed by atoms with Crippen LogP contribution >= 0.6 is 0 Å². The van der Waals surface area contributed by atoms with E-state index in [4.69, 9.17) is 15.2 Å². The summed E-state index contributed by atoms with van der Waals surface area (Å²) >= 11 is 0. The van der Waals surface area contributed by atoms with Crippen LogP contribution < -0.4 is 10.5 Å². The molecule has 1 aromatic rings. The highest BCUT2D eigenvalue weighted by molar-refractivity contribution is 5.78. The van der Waals surface area contributed by atoms with Gasteiger partial charge in [-0.25, -0.2) is 0 Å². The Hall–Kier alpha value is -1.59. The Morgan fingerprint density at radius 3 is 2.95 bits per heavy atom. The number of rotatable bonds is 5. The van der Waals surface area contributed by atoms with Crippen molar-refractivity contribution in [3.05, 3.63) is 29.8 Å². The van der Waals surface area contributed by atoms with Gasteiger partial charge in [0.15, 0.2) is 6.61 Å². The van der Waals surface area contributed by atoms with E-state index in [-0.39, 0.29) is 24.7 Å². The molecule has 0 aromatic heterocycles. The van der Waals surface area contributed by atoms with E-state index in [1.165, 1.54) is 0 Å². The van der Waals surface area contributed by atoms with E-state index in [1.54, 1.807) is 0 Å². The number of morpholine rings is 1. The maximum Gasteiger partial charge on any atom is 0.260 e. The van der Waals surface area contributed by atoms with Crippen LogP contribution in [0.3, 0.4) is 0 Å². The fourth-order valence-corrected chi connectivity index (χ4v) is 2.52. The molecule has 116 valence electrons. The molecule has 2 unspecified atom stereocenters. The summed E-state index contributed by atoms with van der Waals surface area (Å²) in [4.78, 5) is 14.3. The zero-order chi connectivity index (χ0) is 15.2. The molecule has 0 saturated carbocycles. The average Bonchev–Trinajstić information content (AvgIpc) is 2.52. The Labute approximate surface area is 126 Å². The summed E-state index contributed by atoms with van der Waals surface area (Å²) in [6, 6.07) is 7.68. The minimum absolute atomic E-state index is 0.00354. The molecule has 1 aromatic carbocycles. The highest BCUT2D eigenvalue weighted by atomic mass is 16.5. The molecule has 2 N–H and O–H groups in total. The maximum absolute atomic E-state index is 12.4. The number of carbonyl (C=O) groups excluding carboxylic acids is 1. The van der Waals surface area contributed by atoms with Gasteiger partial charge in [0.2, 0.25) is 0 Å². The van der Waals surface area contributed by atoms with Crippen LogP contribution in [0.5, 0.6) is 5.75 Å². The molecule has 1 amide bonds. The Morgan fingerprint density at radius 2 is 2.24 bits per heavy atom. The van der Waals surface area contributed by atoms with E-state index >= 15 is 0 Å². The lowest BCUT2D eigenvalue weighted by Crippen LogP contribution is -2.52. The molecule has 2 atom stereocenters. The van der Waals surface area contributed by atoms with Crippen molar-refractivity contribution in [3.8, 4) is 5.75 Å². The van der Waals surface area contributed by atoms with Crippen LogP contribution in [0.1, 0.15) is 25.8 Å². The largest absolute Gasteiger partial charge is 0.483 e. The summed E-state index contributed by atoms with van der Waals surface area (Å²) in [6.45, 7) is 5.71. The number of benzene rings is 1. The van der Waals surface area contributed by atoms with Crippen molar-refractivity contribution in [3.63, 3.8) is 0 Å². The van der Waals surface area contributed by atoms with Crippen molar-refractivity contribution in [2.45, 2.75) is 39.0 Å². The van der Waals surface area contributed by atoms with Crippen molar-refractivity contribution in [1.29, 1.82) is 0 Å². The molecule has 21 heavy (non-hydrogen) atoms. The molecule has 0 spiro atoms. The number of amides is 1. The van der Waals surface area contributed by atoms with Crippen molar-refractivity contribution in [1.82, 2.24) is 4.90 Å². The second-order valence-corrected chi connectivity index (χ2v) is 5.35. The van der Waals surface area contributed by atoms with Gasteiger partial charge in [0, 0.05) is 18.7 Å². The summed E-state index contributed by atoms with van der Waals surface area (Å²) in [5.74, 6) is 0.687. The van der Waals surface area contributed by atoms with Gasteiger partial charge < -0.3 is 20.1 Å². The Morgan fingerprint density at radius 1 is 1.48 bits per heavy atom. The third-order valence-electron chi connectivity index (χ3n) is 3.80. The topological polar surface area (TPSA) is 64.8 Å². The third-order valence-corrected chi connectivity index (χ3v) is 3.80. The summed E-state index contributed by atoms with van der Waals surface area (Å²) in [6.07, 6.45) is 0.964. The van der Waals surface area contributed by atoms with Gasteiger partial charge in [0.25, 0.3) is 5.91 Å². The van der Waals surface area contributed by atoms with Crippen molar-refractivity contribution in [2.75, 3.05) is 19.8 Å². The molecule has 0 radical (unpaired) electrons. The number of para-hydroxylation sites is 1. The molecule has 1 aliphatic heterocycles. The van der Waals surface area contributed by atoms with Crippen molar-refractivity contribution < 1.29 is 14.3 Å². The quantitative estimate of drug-likeness (QED) is 0.894. The molecule has 1 fully saturated rings. The molecule has 1 aliphatic rings. The van der Waals surface area contributed by atoms with E-state index in [2.05, 4.69) is 6.92 Å². The van der Waals surface area contributed by atoms with Crippen LogP contribution in [-0.4, -0.2) is 42.7 Å². The number of nitrogens with zero attached hydrogens (tertiary/aromatic N) is 1. The van der Waals surface area contributed by atoms with Gasteiger partial charge in [-0.05, 0) is 19.4 Å². The molecule has 5 nitrogen and oxygen atoms in total. The first-order valence-electron chi connectivity index (χ1n) is 7.47. The summed E-state index contributed by atoms with van der Waals surface area (Å²) in [5, 5.41) is 0. The Bertz CT molecular complexity index is 478. The third kappa shape index (κ3) is 3.95.